The Hall–Kier alpha value is -1.77. The van der Waals surface area contributed by atoms with E-state index < -0.39 is 31.3 Å². The lowest BCUT2D eigenvalue weighted by Crippen LogP contribution is -2.49. The number of hydrogen-bond acceptors (Lipinski definition) is 7. The summed E-state index contributed by atoms with van der Waals surface area (Å²) in [6.45, 7) is -1.76. The lowest BCUT2D eigenvalue weighted by molar-refractivity contribution is 0.0685. The van der Waals surface area contributed by atoms with E-state index in [-0.39, 0.29) is 11.5 Å². The molecule has 0 spiro atoms. The number of nitrogens with one attached hydrogen (secondary N) is 1. The van der Waals surface area contributed by atoms with Crippen molar-refractivity contribution in [2.45, 2.75) is 5.54 Å². The Kier molecular flexibility index (Phi) is 4.32. The van der Waals surface area contributed by atoms with Crippen LogP contribution in [0.1, 0.15) is 10.5 Å². The Morgan fingerprint density at radius 3 is 2.18 bits per heavy atom. The highest BCUT2D eigenvalue weighted by Gasteiger charge is 2.30. The summed E-state index contributed by atoms with van der Waals surface area (Å²) in [6, 6.07) is 0. The molecule has 0 unspecified atom stereocenters. The molecule has 0 radical (unpaired) electrons. The fourth-order valence-corrected chi connectivity index (χ4v) is 1.11. The predicted octanol–water partition coefficient (Wildman–Crippen LogP) is -1.70. The average molecular weight is 243 g/mol. The third-order valence-corrected chi connectivity index (χ3v) is 2.19. The van der Waals surface area contributed by atoms with Crippen molar-refractivity contribution < 1.29 is 25.2 Å². The minimum absolute atomic E-state index is 0.128. The molecule has 0 aromatic carbocycles. The molecule has 17 heavy (non-hydrogen) atoms. The van der Waals surface area contributed by atoms with Crippen molar-refractivity contribution in [3.05, 3.63) is 18.1 Å². The first-order valence-electron chi connectivity index (χ1n) is 4.73. The lowest BCUT2D eigenvalue weighted by Gasteiger charge is -2.29. The molecule has 0 saturated heterocycles. The molecule has 0 aliphatic heterocycles. The summed E-state index contributed by atoms with van der Waals surface area (Å²) in [6.07, 6.45) is 2.46. The minimum Gasteiger partial charge on any atom is -0.476 e. The smallest absolute Gasteiger partial charge is 0.358 e. The Labute approximate surface area is 96.6 Å². The van der Waals surface area contributed by atoms with E-state index in [9.17, 15) is 4.79 Å². The van der Waals surface area contributed by atoms with Gasteiger partial charge in [-0.3, -0.25) is 0 Å². The number of nitrogens with zero attached hydrogens (tertiary/aromatic N) is 2. The fourth-order valence-electron chi connectivity index (χ4n) is 1.11. The van der Waals surface area contributed by atoms with E-state index >= 15 is 0 Å². The highest BCUT2D eigenvalue weighted by atomic mass is 16.4. The number of rotatable bonds is 6. The topological polar surface area (TPSA) is 136 Å². The maximum atomic E-state index is 10.8. The normalized spacial score (nSPS) is 11.2. The lowest BCUT2D eigenvalue weighted by atomic mass is 10.0. The van der Waals surface area contributed by atoms with Gasteiger partial charge in [-0.1, -0.05) is 0 Å². The summed E-state index contributed by atoms with van der Waals surface area (Å²) < 4.78 is 0. The molecule has 0 fully saturated rings. The molecule has 8 nitrogen and oxygen atoms in total. The first-order chi connectivity index (χ1) is 8.08. The second-order valence-corrected chi connectivity index (χ2v) is 3.44. The van der Waals surface area contributed by atoms with Gasteiger partial charge in [-0.15, -0.1) is 0 Å². The zero-order chi connectivity index (χ0) is 12.9. The van der Waals surface area contributed by atoms with E-state index in [4.69, 9.17) is 20.4 Å². The molecule has 0 atom stereocenters. The van der Waals surface area contributed by atoms with Crippen molar-refractivity contribution in [2.75, 3.05) is 25.1 Å². The molecule has 1 aromatic rings. The van der Waals surface area contributed by atoms with Crippen LogP contribution in [0.4, 0.5) is 5.82 Å². The molecule has 1 heterocycles. The number of aromatic nitrogens is 2. The average Bonchev–Trinajstić information content (AvgIpc) is 2.36. The molecule has 8 heteroatoms. The van der Waals surface area contributed by atoms with Crippen molar-refractivity contribution in [1.29, 1.82) is 0 Å². The third kappa shape index (κ3) is 2.87. The second kappa shape index (κ2) is 5.53. The van der Waals surface area contributed by atoms with Crippen LogP contribution >= 0.6 is 0 Å². The Morgan fingerprint density at radius 2 is 1.71 bits per heavy atom. The maximum Gasteiger partial charge on any atom is 0.358 e. The van der Waals surface area contributed by atoms with Crippen molar-refractivity contribution in [3.63, 3.8) is 0 Å². The van der Waals surface area contributed by atoms with Gasteiger partial charge in [-0.2, -0.15) is 0 Å². The van der Waals surface area contributed by atoms with Crippen LogP contribution in [0.3, 0.4) is 0 Å². The number of aromatic carboxylic acids is 1. The van der Waals surface area contributed by atoms with Gasteiger partial charge in [-0.25, -0.2) is 14.8 Å². The highest BCUT2D eigenvalue weighted by molar-refractivity contribution is 5.90. The van der Waals surface area contributed by atoms with Gasteiger partial charge >= 0.3 is 5.97 Å². The van der Waals surface area contributed by atoms with E-state index in [0.29, 0.717) is 0 Å². The van der Waals surface area contributed by atoms with Crippen LogP contribution in [0, 0.1) is 0 Å². The van der Waals surface area contributed by atoms with Crippen LogP contribution in [0.5, 0.6) is 0 Å². The summed E-state index contributed by atoms with van der Waals surface area (Å²) in [4.78, 5) is 18.2. The van der Waals surface area contributed by atoms with Gasteiger partial charge in [0, 0.05) is 12.4 Å². The summed E-state index contributed by atoms with van der Waals surface area (Å²) >= 11 is 0. The van der Waals surface area contributed by atoms with E-state index in [1.807, 2.05) is 0 Å². The van der Waals surface area contributed by atoms with Gasteiger partial charge < -0.3 is 25.7 Å². The number of carboxylic acids is 1. The van der Waals surface area contributed by atoms with Gasteiger partial charge in [0.25, 0.3) is 0 Å². The van der Waals surface area contributed by atoms with E-state index in [1.165, 1.54) is 12.4 Å². The first-order valence-corrected chi connectivity index (χ1v) is 4.73. The summed E-state index contributed by atoms with van der Waals surface area (Å²) in [5.74, 6) is -1.43. The standard InChI is InChI=1S/C9H13N3O5/c13-3-9(4-14,5-15)12-7-6(8(16)17)10-1-2-11-7/h1-2,13-15H,3-5H2,(H,11,12)(H,16,17). The molecule has 1 aromatic heterocycles. The third-order valence-electron chi connectivity index (χ3n) is 2.19. The first kappa shape index (κ1) is 13.3. The van der Waals surface area contributed by atoms with Crippen molar-refractivity contribution in [2.24, 2.45) is 0 Å². The molecule has 0 saturated carbocycles. The summed E-state index contributed by atoms with van der Waals surface area (Å²) in [5, 5.41) is 38.6. The summed E-state index contributed by atoms with van der Waals surface area (Å²) in [5.41, 5.74) is -1.80. The van der Waals surface area contributed by atoms with Gasteiger partial charge in [0.05, 0.1) is 19.8 Å². The number of carboxylic acid groups (broad SMARTS) is 1. The Bertz CT molecular complexity index is 386. The van der Waals surface area contributed by atoms with E-state index in [2.05, 4.69) is 15.3 Å². The molecule has 0 bridgehead atoms. The highest BCUT2D eigenvalue weighted by Crippen LogP contribution is 2.15. The van der Waals surface area contributed by atoms with Crippen LogP contribution in [0.2, 0.25) is 0 Å². The molecule has 1 rings (SSSR count). The van der Waals surface area contributed by atoms with Gasteiger partial charge in [-0.05, 0) is 0 Å². The number of aliphatic hydroxyl groups excluding tert-OH is 3. The maximum absolute atomic E-state index is 10.8. The zero-order valence-electron chi connectivity index (χ0n) is 8.87. The minimum atomic E-state index is -1.44. The molecule has 0 aliphatic carbocycles. The fraction of sp³-hybridized carbons (Fsp3) is 0.444. The predicted molar refractivity (Wildman–Crippen MR) is 56.6 cm³/mol. The van der Waals surface area contributed by atoms with E-state index in [0.717, 1.165) is 0 Å². The second-order valence-electron chi connectivity index (χ2n) is 3.44. The number of hydrogen-bond donors (Lipinski definition) is 5. The van der Waals surface area contributed by atoms with Crippen molar-refractivity contribution >= 4 is 11.8 Å². The van der Waals surface area contributed by atoms with Crippen LogP contribution in [0.15, 0.2) is 12.4 Å². The van der Waals surface area contributed by atoms with Gasteiger partial charge in [0.15, 0.2) is 11.5 Å². The van der Waals surface area contributed by atoms with Crippen molar-refractivity contribution in [3.8, 4) is 0 Å². The van der Waals surface area contributed by atoms with Crippen LogP contribution < -0.4 is 5.32 Å². The van der Waals surface area contributed by atoms with Crippen LogP contribution in [0.25, 0.3) is 0 Å². The SMILES string of the molecule is O=C(O)c1nccnc1NC(CO)(CO)CO. The van der Waals surface area contributed by atoms with Gasteiger partial charge in [0.1, 0.15) is 5.54 Å². The van der Waals surface area contributed by atoms with Gasteiger partial charge in [0.2, 0.25) is 0 Å². The monoisotopic (exact) mass is 243 g/mol. The van der Waals surface area contributed by atoms with Crippen LogP contribution in [-0.2, 0) is 0 Å². The van der Waals surface area contributed by atoms with E-state index in [1.54, 1.807) is 0 Å². The van der Waals surface area contributed by atoms with Crippen molar-refractivity contribution in [1.82, 2.24) is 9.97 Å². The zero-order valence-corrected chi connectivity index (χ0v) is 8.87. The Balaban J connectivity index is 3.05. The van der Waals surface area contributed by atoms with Crippen LogP contribution in [-0.4, -0.2) is 61.7 Å². The Morgan fingerprint density at radius 1 is 1.18 bits per heavy atom. The molecular formula is C9H13N3O5. The molecular weight excluding hydrogens is 230 g/mol. The number of aliphatic hydroxyl groups is 3. The number of anilines is 1. The molecule has 5 N–H and O–H groups in total. The molecule has 0 amide bonds. The molecule has 0 aliphatic rings. The quantitative estimate of drug-likeness (QED) is 0.399. The summed E-state index contributed by atoms with van der Waals surface area (Å²) in [7, 11) is 0. The number of carbonyl (C=O) groups is 1. The molecule has 94 valence electrons. The largest absolute Gasteiger partial charge is 0.476 e.